The van der Waals surface area contributed by atoms with Crippen molar-refractivity contribution >= 4 is 5.91 Å². The highest BCUT2D eigenvalue weighted by Gasteiger charge is 2.33. The van der Waals surface area contributed by atoms with Crippen LogP contribution in [0.4, 0.5) is 0 Å². The molecule has 0 aliphatic heterocycles. The standard InChI is InChI=1S/C11H16N2O3/c14-8-11(5-2-1-3-6-11)13-10(15)9-4-7-12-16-9/h4,7,14H,1-3,5-6,8H2,(H,13,15). The second kappa shape index (κ2) is 4.65. The van der Waals surface area contributed by atoms with Crippen molar-refractivity contribution in [1.82, 2.24) is 10.5 Å². The summed E-state index contributed by atoms with van der Waals surface area (Å²) in [5.74, 6) is -0.105. The summed E-state index contributed by atoms with van der Waals surface area (Å²) in [5.41, 5.74) is -0.470. The van der Waals surface area contributed by atoms with Gasteiger partial charge in [-0.25, -0.2) is 0 Å². The Morgan fingerprint density at radius 1 is 1.50 bits per heavy atom. The van der Waals surface area contributed by atoms with Gasteiger partial charge in [0, 0.05) is 6.07 Å². The topological polar surface area (TPSA) is 75.4 Å². The minimum Gasteiger partial charge on any atom is -0.394 e. The van der Waals surface area contributed by atoms with E-state index in [1.807, 2.05) is 0 Å². The number of rotatable bonds is 3. The van der Waals surface area contributed by atoms with E-state index in [0.29, 0.717) is 0 Å². The lowest BCUT2D eigenvalue weighted by atomic mass is 9.82. The average molecular weight is 224 g/mol. The minimum absolute atomic E-state index is 0.0210. The van der Waals surface area contributed by atoms with Crippen LogP contribution in [0, 0.1) is 0 Å². The predicted octanol–water partition coefficient (Wildman–Crippen LogP) is 1.10. The van der Waals surface area contributed by atoms with Crippen LogP contribution < -0.4 is 5.32 Å². The van der Waals surface area contributed by atoms with Gasteiger partial charge >= 0.3 is 0 Å². The number of aliphatic hydroxyl groups excluding tert-OH is 1. The Labute approximate surface area is 93.8 Å². The summed E-state index contributed by atoms with van der Waals surface area (Å²) in [4.78, 5) is 11.8. The van der Waals surface area contributed by atoms with E-state index in [1.165, 1.54) is 18.7 Å². The Morgan fingerprint density at radius 2 is 2.25 bits per heavy atom. The Balaban J connectivity index is 2.03. The summed E-state index contributed by atoms with van der Waals surface area (Å²) in [6.45, 7) is -0.0210. The van der Waals surface area contributed by atoms with Crippen LogP contribution >= 0.6 is 0 Å². The van der Waals surface area contributed by atoms with Crippen LogP contribution in [0.5, 0.6) is 0 Å². The third-order valence-corrected chi connectivity index (χ3v) is 3.15. The molecule has 1 saturated carbocycles. The Kier molecular flexibility index (Phi) is 3.24. The molecule has 1 aliphatic carbocycles. The van der Waals surface area contributed by atoms with E-state index in [-0.39, 0.29) is 18.3 Å². The lowest BCUT2D eigenvalue weighted by Gasteiger charge is -2.36. The first-order valence-electron chi connectivity index (χ1n) is 5.60. The molecule has 2 N–H and O–H groups in total. The predicted molar refractivity (Wildman–Crippen MR) is 56.9 cm³/mol. The molecule has 0 radical (unpaired) electrons. The maximum atomic E-state index is 11.8. The largest absolute Gasteiger partial charge is 0.394 e. The van der Waals surface area contributed by atoms with Crippen molar-refractivity contribution in [3.05, 3.63) is 18.0 Å². The molecule has 16 heavy (non-hydrogen) atoms. The number of aliphatic hydroxyl groups is 1. The number of nitrogens with zero attached hydrogens (tertiary/aromatic N) is 1. The number of hydrogen-bond donors (Lipinski definition) is 2. The van der Waals surface area contributed by atoms with Crippen LogP contribution in [0.25, 0.3) is 0 Å². The quantitative estimate of drug-likeness (QED) is 0.806. The molecule has 2 rings (SSSR count). The second-order valence-corrected chi connectivity index (χ2v) is 4.33. The SMILES string of the molecule is O=C(NC1(CO)CCCCC1)c1ccno1. The molecule has 1 aromatic rings. The van der Waals surface area contributed by atoms with Crippen molar-refractivity contribution in [2.75, 3.05) is 6.61 Å². The summed E-state index contributed by atoms with van der Waals surface area (Å²) < 4.78 is 4.78. The molecule has 1 aromatic heterocycles. The van der Waals surface area contributed by atoms with Gasteiger partial charge < -0.3 is 14.9 Å². The minimum atomic E-state index is -0.470. The van der Waals surface area contributed by atoms with Crippen molar-refractivity contribution in [1.29, 1.82) is 0 Å². The van der Waals surface area contributed by atoms with Crippen LogP contribution in [-0.2, 0) is 0 Å². The number of nitrogens with one attached hydrogen (secondary N) is 1. The van der Waals surface area contributed by atoms with E-state index in [0.717, 1.165) is 25.7 Å². The van der Waals surface area contributed by atoms with Crippen LogP contribution in [0.3, 0.4) is 0 Å². The van der Waals surface area contributed by atoms with Gasteiger partial charge in [-0.3, -0.25) is 4.79 Å². The summed E-state index contributed by atoms with van der Waals surface area (Å²) in [5, 5.41) is 15.8. The molecule has 0 atom stereocenters. The summed E-state index contributed by atoms with van der Waals surface area (Å²) in [6, 6.07) is 1.52. The van der Waals surface area contributed by atoms with E-state index < -0.39 is 5.54 Å². The highest BCUT2D eigenvalue weighted by molar-refractivity contribution is 5.91. The molecule has 0 aromatic carbocycles. The number of carbonyl (C=O) groups excluding carboxylic acids is 1. The van der Waals surface area contributed by atoms with Gasteiger partial charge in [-0.15, -0.1) is 0 Å². The fourth-order valence-corrected chi connectivity index (χ4v) is 2.19. The van der Waals surface area contributed by atoms with Crippen molar-refractivity contribution in [3.63, 3.8) is 0 Å². The fraction of sp³-hybridized carbons (Fsp3) is 0.636. The van der Waals surface area contributed by atoms with Crippen LogP contribution in [0.15, 0.2) is 16.8 Å². The molecular weight excluding hydrogens is 208 g/mol. The van der Waals surface area contributed by atoms with Gasteiger partial charge in [-0.05, 0) is 12.8 Å². The molecule has 0 spiro atoms. The zero-order valence-corrected chi connectivity index (χ0v) is 9.11. The van der Waals surface area contributed by atoms with Crippen molar-refractivity contribution in [3.8, 4) is 0 Å². The molecule has 0 unspecified atom stereocenters. The maximum absolute atomic E-state index is 11.8. The fourth-order valence-electron chi connectivity index (χ4n) is 2.19. The Morgan fingerprint density at radius 3 is 2.81 bits per heavy atom. The smallest absolute Gasteiger partial charge is 0.290 e. The maximum Gasteiger partial charge on any atom is 0.290 e. The van der Waals surface area contributed by atoms with Crippen LogP contribution in [0.1, 0.15) is 42.7 Å². The molecular formula is C11H16N2O3. The number of hydrogen-bond acceptors (Lipinski definition) is 4. The molecule has 1 aliphatic rings. The van der Waals surface area contributed by atoms with Gasteiger partial charge in [0.2, 0.25) is 5.76 Å². The van der Waals surface area contributed by atoms with Gasteiger partial charge in [-0.2, -0.15) is 0 Å². The molecule has 5 nitrogen and oxygen atoms in total. The molecule has 5 heteroatoms. The molecule has 88 valence electrons. The summed E-state index contributed by atoms with van der Waals surface area (Å²) in [7, 11) is 0. The molecule has 1 heterocycles. The normalized spacial score (nSPS) is 19.3. The lowest BCUT2D eigenvalue weighted by molar-refractivity contribution is 0.0725. The monoisotopic (exact) mass is 224 g/mol. The van der Waals surface area contributed by atoms with Gasteiger partial charge in [0.15, 0.2) is 0 Å². The lowest BCUT2D eigenvalue weighted by Crippen LogP contribution is -2.52. The molecule has 1 amide bonds. The molecule has 0 saturated heterocycles. The summed E-state index contributed by atoms with van der Waals surface area (Å²) >= 11 is 0. The Hall–Kier alpha value is -1.36. The highest BCUT2D eigenvalue weighted by atomic mass is 16.5. The first-order valence-corrected chi connectivity index (χ1v) is 5.60. The number of carbonyl (C=O) groups is 1. The van der Waals surface area contributed by atoms with Gasteiger partial charge in [-0.1, -0.05) is 24.4 Å². The molecule has 0 bridgehead atoms. The third-order valence-electron chi connectivity index (χ3n) is 3.15. The van der Waals surface area contributed by atoms with E-state index in [1.54, 1.807) is 0 Å². The number of amides is 1. The van der Waals surface area contributed by atoms with Gasteiger partial charge in [0.1, 0.15) is 0 Å². The Bertz CT molecular complexity index is 342. The van der Waals surface area contributed by atoms with Crippen LogP contribution in [-0.4, -0.2) is 28.3 Å². The average Bonchev–Trinajstić information content (AvgIpc) is 2.84. The third kappa shape index (κ3) is 2.24. The zero-order valence-electron chi connectivity index (χ0n) is 9.11. The number of aromatic nitrogens is 1. The van der Waals surface area contributed by atoms with Crippen molar-refractivity contribution in [2.45, 2.75) is 37.6 Å². The zero-order chi connectivity index (χ0) is 11.4. The van der Waals surface area contributed by atoms with E-state index in [2.05, 4.69) is 10.5 Å². The van der Waals surface area contributed by atoms with Crippen molar-refractivity contribution in [2.24, 2.45) is 0 Å². The van der Waals surface area contributed by atoms with E-state index >= 15 is 0 Å². The van der Waals surface area contributed by atoms with Crippen LogP contribution in [0.2, 0.25) is 0 Å². The first kappa shape index (κ1) is 11.1. The van der Waals surface area contributed by atoms with E-state index in [9.17, 15) is 9.90 Å². The van der Waals surface area contributed by atoms with Gasteiger partial charge in [0.05, 0.1) is 18.3 Å². The second-order valence-electron chi connectivity index (χ2n) is 4.33. The summed E-state index contributed by atoms with van der Waals surface area (Å²) in [6.07, 6.45) is 6.32. The van der Waals surface area contributed by atoms with Gasteiger partial charge in [0.25, 0.3) is 5.91 Å². The molecule has 1 fully saturated rings. The van der Waals surface area contributed by atoms with E-state index in [4.69, 9.17) is 4.52 Å². The first-order chi connectivity index (χ1) is 7.76. The highest BCUT2D eigenvalue weighted by Crippen LogP contribution is 2.28. The van der Waals surface area contributed by atoms with Crippen molar-refractivity contribution < 1.29 is 14.4 Å².